The predicted molar refractivity (Wildman–Crippen MR) is 97.5 cm³/mol. The summed E-state index contributed by atoms with van der Waals surface area (Å²) >= 11 is 0. The average molecular weight is 374 g/mol. The summed E-state index contributed by atoms with van der Waals surface area (Å²) in [6.45, 7) is 3.05. The van der Waals surface area contributed by atoms with Crippen molar-refractivity contribution in [1.82, 2.24) is 0 Å². The molecule has 0 bridgehead atoms. The highest BCUT2D eigenvalue weighted by molar-refractivity contribution is 7.90. The van der Waals surface area contributed by atoms with Crippen LogP contribution in [0.5, 0.6) is 5.75 Å². The van der Waals surface area contributed by atoms with Crippen LogP contribution in [0.4, 0.5) is 0 Å². The zero-order valence-electron chi connectivity index (χ0n) is 14.5. The van der Waals surface area contributed by atoms with E-state index >= 15 is 0 Å². The van der Waals surface area contributed by atoms with Crippen LogP contribution in [0.25, 0.3) is 11.6 Å². The zero-order valence-corrected chi connectivity index (χ0v) is 15.3. The lowest BCUT2D eigenvalue weighted by molar-refractivity contribution is -0.132. The number of esters is 1. The minimum absolute atomic E-state index is 0.0182. The molecule has 0 aliphatic rings. The molecule has 6 nitrogen and oxygen atoms in total. The Hall–Kier alpha value is -2.93. The van der Waals surface area contributed by atoms with Crippen LogP contribution in [-0.4, -0.2) is 31.7 Å². The molecule has 136 valence electrons. The molecule has 0 saturated heterocycles. The fourth-order valence-electron chi connectivity index (χ4n) is 2.35. The minimum atomic E-state index is -3.35. The summed E-state index contributed by atoms with van der Waals surface area (Å²) in [5.74, 6) is -1.17. The zero-order chi connectivity index (χ0) is 19.5. The minimum Gasteiger partial charge on any atom is -0.478 e. The maximum Gasteiger partial charge on any atom is 0.336 e. The standard InChI is InChI=1S/C19H18O6S/c1-12-10-14(4-9-18(12)25-13(2)20)11-17(19(21)22)15-5-7-16(8-6-15)26(3,23)24/h4-11H,1-3H3,(H,21,22)/b17-11+. The van der Waals surface area contributed by atoms with Crippen molar-refractivity contribution < 1.29 is 27.9 Å². The van der Waals surface area contributed by atoms with Gasteiger partial charge in [0.05, 0.1) is 10.5 Å². The van der Waals surface area contributed by atoms with E-state index in [1.165, 1.54) is 37.3 Å². The van der Waals surface area contributed by atoms with E-state index in [1.807, 2.05) is 0 Å². The first-order valence-electron chi connectivity index (χ1n) is 7.62. The molecule has 0 heterocycles. The Morgan fingerprint density at radius 1 is 1.08 bits per heavy atom. The van der Waals surface area contributed by atoms with Gasteiger partial charge < -0.3 is 9.84 Å². The number of carbonyl (C=O) groups excluding carboxylic acids is 1. The molecule has 0 atom stereocenters. The first kappa shape index (κ1) is 19.4. The lowest BCUT2D eigenvalue weighted by Crippen LogP contribution is -2.03. The summed E-state index contributed by atoms with van der Waals surface area (Å²) in [4.78, 5) is 22.8. The molecule has 0 saturated carbocycles. The second kappa shape index (κ2) is 7.53. The molecule has 1 N–H and O–H groups in total. The van der Waals surface area contributed by atoms with Gasteiger partial charge in [0.15, 0.2) is 9.84 Å². The van der Waals surface area contributed by atoms with E-state index in [9.17, 15) is 23.1 Å². The van der Waals surface area contributed by atoms with Crippen molar-refractivity contribution in [1.29, 1.82) is 0 Å². The monoisotopic (exact) mass is 374 g/mol. The Labute approximate surface area is 151 Å². The summed E-state index contributed by atoms with van der Waals surface area (Å²) in [5, 5.41) is 9.50. The quantitative estimate of drug-likeness (QED) is 0.374. The van der Waals surface area contributed by atoms with Gasteiger partial charge in [-0.15, -0.1) is 0 Å². The fourth-order valence-corrected chi connectivity index (χ4v) is 2.98. The third-order valence-corrected chi connectivity index (χ3v) is 4.72. The van der Waals surface area contributed by atoms with Gasteiger partial charge >= 0.3 is 11.9 Å². The van der Waals surface area contributed by atoms with Gasteiger partial charge in [-0.1, -0.05) is 18.2 Å². The number of aliphatic carboxylic acids is 1. The summed E-state index contributed by atoms with van der Waals surface area (Å²) in [6, 6.07) is 10.6. The lowest BCUT2D eigenvalue weighted by atomic mass is 10.0. The molecule has 7 heteroatoms. The molecule has 0 fully saturated rings. The number of carbonyl (C=O) groups is 2. The van der Waals surface area contributed by atoms with Crippen molar-refractivity contribution in [2.24, 2.45) is 0 Å². The number of benzene rings is 2. The number of hydrogen-bond donors (Lipinski definition) is 1. The van der Waals surface area contributed by atoms with Crippen LogP contribution in [0.2, 0.25) is 0 Å². The van der Waals surface area contributed by atoms with E-state index in [0.29, 0.717) is 22.4 Å². The smallest absolute Gasteiger partial charge is 0.336 e. The summed E-state index contributed by atoms with van der Waals surface area (Å²) in [7, 11) is -3.35. The Kier molecular flexibility index (Phi) is 5.62. The molecular weight excluding hydrogens is 356 g/mol. The van der Waals surface area contributed by atoms with Crippen LogP contribution in [0, 0.1) is 6.92 Å². The van der Waals surface area contributed by atoms with Gasteiger partial charge in [0.1, 0.15) is 5.75 Å². The largest absolute Gasteiger partial charge is 0.478 e. The maximum absolute atomic E-state index is 11.6. The molecule has 0 aromatic heterocycles. The van der Waals surface area contributed by atoms with Gasteiger partial charge in [0, 0.05) is 13.2 Å². The molecule has 2 aromatic rings. The van der Waals surface area contributed by atoms with E-state index in [-0.39, 0.29) is 10.5 Å². The number of hydrogen-bond acceptors (Lipinski definition) is 5. The number of aryl methyl sites for hydroxylation is 1. The van der Waals surface area contributed by atoms with Crippen LogP contribution >= 0.6 is 0 Å². The van der Waals surface area contributed by atoms with Gasteiger partial charge in [-0.25, -0.2) is 13.2 Å². The summed E-state index contributed by atoms with van der Waals surface area (Å²) < 4.78 is 28.1. The van der Waals surface area contributed by atoms with Gasteiger partial charge in [0.2, 0.25) is 0 Å². The first-order valence-corrected chi connectivity index (χ1v) is 9.51. The van der Waals surface area contributed by atoms with Crippen LogP contribution in [0.3, 0.4) is 0 Å². The molecule has 0 radical (unpaired) electrons. The van der Waals surface area contributed by atoms with Gasteiger partial charge in [-0.2, -0.15) is 0 Å². The lowest BCUT2D eigenvalue weighted by Gasteiger charge is -2.08. The highest BCUT2D eigenvalue weighted by atomic mass is 32.2. The van der Waals surface area contributed by atoms with Crippen molar-refractivity contribution in [2.75, 3.05) is 6.26 Å². The fraction of sp³-hybridized carbons (Fsp3) is 0.158. The second-order valence-corrected chi connectivity index (χ2v) is 7.79. The molecule has 0 amide bonds. The number of carboxylic acid groups (broad SMARTS) is 1. The van der Waals surface area contributed by atoms with Crippen molar-refractivity contribution in [3.63, 3.8) is 0 Å². The van der Waals surface area contributed by atoms with E-state index < -0.39 is 21.8 Å². The van der Waals surface area contributed by atoms with Crippen LogP contribution in [0.1, 0.15) is 23.6 Å². The normalized spacial score (nSPS) is 11.9. The SMILES string of the molecule is CC(=O)Oc1ccc(/C=C(/C(=O)O)c2ccc(S(C)(=O)=O)cc2)cc1C. The summed E-state index contributed by atoms with van der Waals surface area (Å²) in [6.07, 6.45) is 2.56. The molecule has 0 unspecified atom stereocenters. The van der Waals surface area contributed by atoms with Crippen LogP contribution < -0.4 is 4.74 Å². The molecule has 2 rings (SSSR count). The van der Waals surface area contributed by atoms with Crippen LogP contribution in [0.15, 0.2) is 47.4 Å². The maximum atomic E-state index is 11.6. The molecule has 26 heavy (non-hydrogen) atoms. The molecule has 0 aliphatic carbocycles. The third-order valence-electron chi connectivity index (χ3n) is 3.59. The van der Waals surface area contributed by atoms with E-state index in [2.05, 4.69) is 0 Å². The molecular formula is C19H18O6S. The molecule has 0 spiro atoms. The third kappa shape index (κ3) is 4.80. The van der Waals surface area contributed by atoms with Gasteiger partial charge in [-0.3, -0.25) is 4.79 Å². The second-order valence-electron chi connectivity index (χ2n) is 5.78. The predicted octanol–water partition coefficient (Wildman–Crippen LogP) is 2.95. The topological polar surface area (TPSA) is 97.7 Å². The van der Waals surface area contributed by atoms with Gasteiger partial charge in [-0.05, 0) is 54.0 Å². The van der Waals surface area contributed by atoms with Crippen LogP contribution in [-0.2, 0) is 19.4 Å². The highest BCUT2D eigenvalue weighted by Gasteiger charge is 2.13. The van der Waals surface area contributed by atoms with Gasteiger partial charge in [0.25, 0.3) is 0 Å². The molecule has 0 aliphatic heterocycles. The number of carboxylic acids is 1. The first-order chi connectivity index (χ1) is 12.1. The van der Waals surface area contributed by atoms with Crippen molar-refractivity contribution >= 4 is 33.4 Å². The van der Waals surface area contributed by atoms with E-state index in [4.69, 9.17) is 4.74 Å². The average Bonchev–Trinajstić information content (AvgIpc) is 2.53. The number of rotatable bonds is 5. The Balaban J connectivity index is 2.42. The van der Waals surface area contributed by atoms with Crippen molar-refractivity contribution in [3.8, 4) is 5.75 Å². The van der Waals surface area contributed by atoms with E-state index in [0.717, 1.165) is 6.26 Å². The Morgan fingerprint density at radius 2 is 1.69 bits per heavy atom. The number of sulfone groups is 1. The molecule has 2 aromatic carbocycles. The number of ether oxygens (including phenoxy) is 1. The summed E-state index contributed by atoms with van der Waals surface area (Å²) in [5.41, 5.74) is 1.70. The Morgan fingerprint density at radius 3 is 2.15 bits per heavy atom. The highest BCUT2D eigenvalue weighted by Crippen LogP contribution is 2.24. The Bertz CT molecular complexity index is 985. The van der Waals surface area contributed by atoms with Crippen molar-refractivity contribution in [2.45, 2.75) is 18.7 Å². The van der Waals surface area contributed by atoms with E-state index in [1.54, 1.807) is 25.1 Å². The van der Waals surface area contributed by atoms with Crippen molar-refractivity contribution in [3.05, 3.63) is 59.2 Å².